The number of carbonyl (C=O) groups excluding carboxylic acids is 1. The number of hydrogen-bond donors (Lipinski definition) is 1. The van der Waals surface area contributed by atoms with Gasteiger partial charge in [-0.05, 0) is 67.1 Å². The van der Waals surface area contributed by atoms with E-state index in [1.165, 1.54) is 19.3 Å². The van der Waals surface area contributed by atoms with Gasteiger partial charge in [0, 0.05) is 23.3 Å². The van der Waals surface area contributed by atoms with Gasteiger partial charge in [-0.15, -0.1) is 0 Å². The van der Waals surface area contributed by atoms with E-state index in [-0.39, 0.29) is 5.41 Å². The molecule has 3 fully saturated rings. The van der Waals surface area contributed by atoms with Crippen molar-refractivity contribution in [1.82, 2.24) is 0 Å². The fourth-order valence-electron chi connectivity index (χ4n) is 7.28. The zero-order valence-electron chi connectivity index (χ0n) is 15.2. The van der Waals surface area contributed by atoms with Crippen LogP contribution in [-0.2, 0) is 4.79 Å². The zero-order chi connectivity index (χ0) is 17.3. The van der Waals surface area contributed by atoms with Crippen molar-refractivity contribution < 1.29 is 9.90 Å². The molecule has 0 aromatic rings. The molecule has 0 unspecified atom stereocenters. The summed E-state index contributed by atoms with van der Waals surface area (Å²) in [4.78, 5) is 12.1. The highest BCUT2D eigenvalue weighted by Crippen LogP contribution is 2.66. The smallest absolute Gasteiger partial charge is 0.133 e. The maximum Gasteiger partial charge on any atom is 0.133 e. The van der Waals surface area contributed by atoms with Crippen LogP contribution >= 0.6 is 11.6 Å². The zero-order valence-corrected chi connectivity index (χ0v) is 16.0. The monoisotopic (exact) mass is 350 g/mol. The predicted octanol–water partition coefficient (Wildman–Crippen LogP) is 4.94. The van der Waals surface area contributed by atoms with Crippen LogP contribution in [0.5, 0.6) is 0 Å². The molecule has 3 saturated carbocycles. The lowest BCUT2D eigenvalue weighted by molar-refractivity contribution is -0.162. The number of aliphatic hydroxyl groups excluding tert-OH is 1. The largest absolute Gasteiger partial charge is 0.387 e. The molecule has 0 bridgehead atoms. The molecule has 3 heteroatoms. The molecule has 0 radical (unpaired) electrons. The molecule has 0 heterocycles. The third-order valence-corrected chi connectivity index (χ3v) is 9.29. The first kappa shape index (κ1) is 17.1. The van der Waals surface area contributed by atoms with Crippen molar-refractivity contribution in [3.05, 3.63) is 11.1 Å². The number of hydrogen-bond acceptors (Lipinski definition) is 2. The van der Waals surface area contributed by atoms with Crippen molar-refractivity contribution >= 4 is 17.4 Å². The maximum absolute atomic E-state index is 12.1. The second kappa shape index (κ2) is 5.58. The van der Waals surface area contributed by atoms with Crippen LogP contribution in [0.25, 0.3) is 0 Å². The van der Waals surface area contributed by atoms with Crippen molar-refractivity contribution in [2.45, 2.75) is 71.8 Å². The van der Waals surface area contributed by atoms with E-state index in [0.717, 1.165) is 25.7 Å². The lowest BCUT2D eigenvalue weighted by atomic mass is 9.41. The lowest BCUT2D eigenvalue weighted by Crippen LogP contribution is -2.59. The first-order valence-electron chi connectivity index (χ1n) is 9.83. The summed E-state index contributed by atoms with van der Waals surface area (Å²) in [6, 6.07) is 0. The Balaban J connectivity index is 1.69. The van der Waals surface area contributed by atoms with Crippen LogP contribution in [0.1, 0.15) is 65.7 Å². The third kappa shape index (κ3) is 2.14. The van der Waals surface area contributed by atoms with Crippen LogP contribution in [0, 0.1) is 40.4 Å². The molecule has 1 N–H and O–H groups in total. The number of carbonyl (C=O) groups is 1. The van der Waals surface area contributed by atoms with Crippen molar-refractivity contribution in [2.24, 2.45) is 40.4 Å². The molecular weight excluding hydrogens is 320 g/mol. The average Bonchev–Trinajstić information content (AvgIpc) is 2.53. The highest BCUT2D eigenvalue weighted by Gasteiger charge is 2.60. The average molecular weight is 351 g/mol. The van der Waals surface area contributed by atoms with Crippen LogP contribution in [-0.4, -0.2) is 17.0 Å². The molecule has 0 aromatic heterocycles. The molecular formula is C21H31ClO2. The van der Waals surface area contributed by atoms with Gasteiger partial charge < -0.3 is 5.11 Å². The maximum atomic E-state index is 12.1. The first-order valence-corrected chi connectivity index (χ1v) is 10.2. The molecule has 4 aliphatic rings. The second-order valence-electron chi connectivity index (χ2n) is 9.64. The molecule has 134 valence electrons. The van der Waals surface area contributed by atoms with E-state index in [0.29, 0.717) is 45.8 Å². The van der Waals surface area contributed by atoms with Gasteiger partial charge in [0.25, 0.3) is 0 Å². The Hall–Kier alpha value is -0.340. The minimum Gasteiger partial charge on any atom is -0.387 e. The van der Waals surface area contributed by atoms with Gasteiger partial charge in [-0.2, -0.15) is 0 Å². The molecule has 0 aliphatic heterocycles. The van der Waals surface area contributed by atoms with Crippen LogP contribution in [0.2, 0.25) is 0 Å². The van der Waals surface area contributed by atoms with Crippen molar-refractivity contribution in [1.29, 1.82) is 0 Å². The quantitative estimate of drug-likeness (QED) is 0.672. The van der Waals surface area contributed by atoms with Gasteiger partial charge in [-0.25, -0.2) is 0 Å². The number of fused-ring (bicyclic) bond motifs is 5. The molecule has 4 aliphatic carbocycles. The van der Waals surface area contributed by atoms with Crippen molar-refractivity contribution in [2.75, 3.05) is 0 Å². The van der Waals surface area contributed by atoms with E-state index >= 15 is 0 Å². The van der Waals surface area contributed by atoms with E-state index in [2.05, 4.69) is 26.8 Å². The molecule has 24 heavy (non-hydrogen) atoms. The van der Waals surface area contributed by atoms with Gasteiger partial charge in [0.2, 0.25) is 0 Å². The van der Waals surface area contributed by atoms with Gasteiger partial charge in [-0.3, -0.25) is 4.79 Å². The van der Waals surface area contributed by atoms with Crippen molar-refractivity contribution in [3.8, 4) is 0 Å². The fourth-order valence-corrected chi connectivity index (χ4v) is 7.61. The van der Waals surface area contributed by atoms with Crippen LogP contribution in [0.15, 0.2) is 11.1 Å². The van der Waals surface area contributed by atoms with Gasteiger partial charge in [0.05, 0.1) is 6.10 Å². The first-order chi connectivity index (χ1) is 11.3. The Morgan fingerprint density at radius 3 is 2.67 bits per heavy atom. The topological polar surface area (TPSA) is 37.3 Å². The Morgan fingerprint density at radius 2 is 1.92 bits per heavy atom. The minimum atomic E-state index is -0.491. The van der Waals surface area contributed by atoms with E-state index in [1.807, 2.05) is 0 Å². The fraction of sp³-hybridized carbons (Fsp3) is 0.857. The summed E-state index contributed by atoms with van der Waals surface area (Å²) < 4.78 is 0. The van der Waals surface area contributed by atoms with E-state index < -0.39 is 6.10 Å². The number of rotatable bonds is 0. The van der Waals surface area contributed by atoms with Crippen LogP contribution < -0.4 is 0 Å². The molecule has 0 amide bonds. The summed E-state index contributed by atoms with van der Waals surface area (Å²) in [5, 5.41) is 11.4. The number of halogens is 1. The number of aliphatic hydroxyl groups is 1. The third-order valence-electron chi connectivity index (χ3n) is 8.92. The van der Waals surface area contributed by atoms with Gasteiger partial charge >= 0.3 is 0 Å². The molecule has 4 rings (SSSR count). The summed E-state index contributed by atoms with van der Waals surface area (Å²) in [6.45, 7) is 7.05. The molecule has 0 aromatic carbocycles. The van der Waals surface area contributed by atoms with Gasteiger partial charge in [0.15, 0.2) is 0 Å². The number of ketones is 1. The van der Waals surface area contributed by atoms with Gasteiger partial charge in [0.1, 0.15) is 5.78 Å². The Bertz CT molecular complexity index is 584. The van der Waals surface area contributed by atoms with E-state index in [9.17, 15) is 9.90 Å². The predicted molar refractivity (Wildman–Crippen MR) is 96.6 cm³/mol. The Kier molecular flexibility index (Phi) is 3.97. The van der Waals surface area contributed by atoms with Crippen molar-refractivity contribution in [3.63, 3.8) is 0 Å². The Labute approximate surface area is 151 Å². The summed E-state index contributed by atoms with van der Waals surface area (Å²) in [6.07, 6.45) is 8.83. The summed E-state index contributed by atoms with van der Waals surface area (Å²) in [5.41, 5.74) is 0.234. The molecule has 0 spiro atoms. The lowest BCUT2D eigenvalue weighted by Gasteiger charge is -2.63. The van der Waals surface area contributed by atoms with E-state index in [1.54, 1.807) is 0 Å². The summed E-state index contributed by atoms with van der Waals surface area (Å²) in [7, 11) is 0. The van der Waals surface area contributed by atoms with Crippen LogP contribution in [0.4, 0.5) is 0 Å². The molecule has 0 saturated heterocycles. The molecule has 8 atom stereocenters. The second-order valence-corrected chi connectivity index (χ2v) is 10.1. The van der Waals surface area contributed by atoms with Crippen LogP contribution in [0.3, 0.4) is 0 Å². The summed E-state index contributed by atoms with van der Waals surface area (Å²) in [5.74, 6) is 3.47. The number of Topliss-reactive ketones (excluding diaryl/α,β-unsaturated/α-hetero) is 1. The molecule has 2 nitrogen and oxygen atoms in total. The minimum absolute atomic E-state index is 0.0656. The number of allylic oxidation sites excluding steroid dienone is 1. The highest BCUT2D eigenvalue weighted by atomic mass is 35.5. The van der Waals surface area contributed by atoms with Gasteiger partial charge in [-0.1, -0.05) is 38.4 Å². The standard InChI is InChI=1S/C21H31ClO2/c1-12-10-14(23)11-13-4-5-15-16-6-7-18(22)19(24)20(16,2)9-8-17(15)21(12,13)3/h7,12-13,15-17,19,24H,4-6,8-11H2,1-3H3/t12-,13-,15-,16-,17-,19-,20-,21-/m0/s1. The summed E-state index contributed by atoms with van der Waals surface area (Å²) >= 11 is 6.30. The Morgan fingerprint density at radius 1 is 1.17 bits per heavy atom. The highest BCUT2D eigenvalue weighted by molar-refractivity contribution is 6.30. The SMILES string of the molecule is C[C@H]1CC(=O)C[C@@H]2CC[C@H]3[C@@H]4CC=C(Cl)[C@H](O)[C@@]4(C)CC[C@@H]3[C@]21C. The normalized spacial score (nSPS) is 54.4. The van der Waals surface area contributed by atoms with E-state index in [4.69, 9.17) is 11.6 Å².